The third-order valence-electron chi connectivity index (χ3n) is 1.91. The summed E-state index contributed by atoms with van der Waals surface area (Å²) in [5.41, 5.74) is -1.00. The van der Waals surface area contributed by atoms with Crippen LogP contribution in [-0.2, 0) is 14.3 Å². The number of aliphatic hydroxyl groups is 1. The van der Waals surface area contributed by atoms with E-state index in [1.165, 1.54) is 0 Å². The van der Waals surface area contributed by atoms with Crippen molar-refractivity contribution in [3.05, 3.63) is 0 Å². The molecular formula is C11H22O4. The van der Waals surface area contributed by atoms with Gasteiger partial charge in [0, 0.05) is 6.61 Å². The van der Waals surface area contributed by atoms with Gasteiger partial charge < -0.3 is 14.6 Å². The van der Waals surface area contributed by atoms with Crippen LogP contribution in [0.1, 0.15) is 41.0 Å². The van der Waals surface area contributed by atoms with Crippen molar-refractivity contribution in [2.75, 3.05) is 6.61 Å². The van der Waals surface area contributed by atoms with E-state index in [0.717, 1.165) is 6.42 Å². The molecule has 0 aliphatic heterocycles. The van der Waals surface area contributed by atoms with E-state index < -0.39 is 11.9 Å². The highest BCUT2D eigenvalue weighted by Crippen LogP contribution is 2.18. The van der Waals surface area contributed by atoms with E-state index in [-0.39, 0.29) is 11.9 Å². The van der Waals surface area contributed by atoms with Gasteiger partial charge in [-0.05, 0) is 20.3 Å². The van der Waals surface area contributed by atoms with Crippen molar-refractivity contribution >= 4 is 5.97 Å². The number of aliphatic hydroxyl groups excluding tert-OH is 1. The quantitative estimate of drug-likeness (QED) is 0.544. The second-order valence-electron chi connectivity index (χ2n) is 4.40. The van der Waals surface area contributed by atoms with E-state index in [2.05, 4.69) is 0 Å². The van der Waals surface area contributed by atoms with Crippen LogP contribution in [-0.4, -0.2) is 29.6 Å². The smallest absolute Gasteiger partial charge is 0.309 e. The minimum atomic E-state index is -1.08. The summed E-state index contributed by atoms with van der Waals surface area (Å²) in [6.07, 6.45) is -0.272. The highest BCUT2D eigenvalue weighted by atomic mass is 16.6. The van der Waals surface area contributed by atoms with Gasteiger partial charge in [-0.15, -0.1) is 0 Å². The van der Waals surface area contributed by atoms with Crippen molar-refractivity contribution in [3.63, 3.8) is 0 Å². The van der Waals surface area contributed by atoms with Gasteiger partial charge in [-0.3, -0.25) is 4.79 Å². The lowest BCUT2D eigenvalue weighted by molar-refractivity contribution is -0.221. The summed E-state index contributed by atoms with van der Waals surface area (Å²) < 4.78 is 10.3. The van der Waals surface area contributed by atoms with Gasteiger partial charge in [0.2, 0.25) is 0 Å². The third kappa shape index (κ3) is 5.14. The van der Waals surface area contributed by atoms with Crippen LogP contribution in [0, 0.1) is 5.92 Å². The molecule has 15 heavy (non-hydrogen) atoms. The van der Waals surface area contributed by atoms with Gasteiger partial charge in [-0.25, -0.2) is 0 Å². The lowest BCUT2D eigenvalue weighted by Crippen LogP contribution is -2.43. The van der Waals surface area contributed by atoms with Crippen molar-refractivity contribution < 1.29 is 19.4 Å². The fourth-order valence-electron chi connectivity index (χ4n) is 0.858. The highest BCUT2D eigenvalue weighted by molar-refractivity contribution is 5.72. The van der Waals surface area contributed by atoms with E-state index in [0.29, 0.717) is 6.61 Å². The lowest BCUT2D eigenvalue weighted by atomic mass is 10.1. The fraction of sp³-hybridized carbons (Fsp3) is 0.909. The molecule has 0 radical (unpaired) electrons. The second kappa shape index (κ2) is 6.08. The molecule has 0 heterocycles. The molecule has 0 saturated carbocycles. The number of ether oxygens (including phenoxy) is 2. The Morgan fingerprint density at radius 2 is 1.93 bits per heavy atom. The first-order chi connectivity index (χ1) is 6.81. The molecule has 0 amide bonds. The normalized spacial score (nSPS) is 14.1. The van der Waals surface area contributed by atoms with Crippen molar-refractivity contribution in [3.8, 4) is 0 Å². The van der Waals surface area contributed by atoms with Gasteiger partial charge in [-0.1, -0.05) is 20.8 Å². The largest absolute Gasteiger partial charge is 0.454 e. The van der Waals surface area contributed by atoms with Crippen LogP contribution in [0.5, 0.6) is 0 Å². The minimum absolute atomic E-state index is 0.206. The number of hydrogen-bond donors (Lipinski definition) is 1. The average molecular weight is 218 g/mol. The van der Waals surface area contributed by atoms with Crippen molar-refractivity contribution in [1.29, 1.82) is 0 Å². The fourth-order valence-corrected chi connectivity index (χ4v) is 0.858. The summed E-state index contributed by atoms with van der Waals surface area (Å²) in [6.45, 7) is 9.15. The van der Waals surface area contributed by atoms with Crippen LogP contribution in [0.4, 0.5) is 0 Å². The Labute approximate surface area is 91.6 Å². The minimum Gasteiger partial charge on any atom is -0.454 e. The standard InChI is InChI=1S/C11H22O4/c1-6-7-14-10(13)11(4,5)15-9(12)8(2)3/h8,10,13H,6-7H2,1-5H3. The van der Waals surface area contributed by atoms with E-state index >= 15 is 0 Å². The zero-order valence-corrected chi connectivity index (χ0v) is 10.2. The van der Waals surface area contributed by atoms with Gasteiger partial charge in [-0.2, -0.15) is 0 Å². The molecule has 0 fully saturated rings. The predicted molar refractivity (Wildman–Crippen MR) is 57.3 cm³/mol. The van der Waals surface area contributed by atoms with Gasteiger partial charge >= 0.3 is 5.97 Å². The zero-order chi connectivity index (χ0) is 12.1. The van der Waals surface area contributed by atoms with E-state index in [9.17, 15) is 9.90 Å². The van der Waals surface area contributed by atoms with Crippen molar-refractivity contribution in [1.82, 2.24) is 0 Å². The molecule has 0 saturated heterocycles. The molecule has 0 rings (SSSR count). The van der Waals surface area contributed by atoms with Gasteiger partial charge in [0.15, 0.2) is 11.9 Å². The molecule has 1 atom stereocenters. The highest BCUT2D eigenvalue weighted by Gasteiger charge is 2.33. The first-order valence-corrected chi connectivity index (χ1v) is 5.33. The van der Waals surface area contributed by atoms with E-state index in [1.54, 1.807) is 27.7 Å². The van der Waals surface area contributed by atoms with Crippen LogP contribution in [0.3, 0.4) is 0 Å². The molecule has 1 unspecified atom stereocenters. The number of esters is 1. The Hall–Kier alpha value is -0.610. The zero-order valence-electron chi connectivity index (χ0n) is 10.2. The monoisotopic (exact) mass is 218 g/mol. The first kappa shape index (κ1) is 14.4. The number of hydrogen-bond acceptors (Lipinski definition) is 4. The molecule has 0 aromatic carbocycles. The molecule has 0 aliphatic rings. The Morgan fingerprint density at radius 1 is 1.40 bits per heavy atom. The maximum absolute atomic E-state index is 11.3. The third-order valence-corrected chi connectivity index (χ3v) is 1.91. The summed E-state index contributed by atoms with van der Waals surface area (Å²) in [5.74, 6) is -0.540. The molecule has 0 aliphatic carbocycles. The average Bonchev–Trinajstić information content (AvgIpc) is 2.13. The number of rotatable bonds is 6. The molecule has 0 aromatic heterocycles. The van der Waals surface area contributed by atoms with E-state index in [1.807, 2.05) is 6.92 Å². The summed E-state index contributed by atoms with van der Waals surface area (Å²) >= 11 is 0. The van der Waals surface area contributed by atoms with Gasteiger partial charge in [0.05, 0.1) is 5.92 Å². The molecule has 0 aromatic rings. The number of carbonyl (C=O) groups excluding carboxylic acids is 1. The lowest BCUT2D eigenvalue weighted by Gasteiger charge is -2.30. The Morgan fingerprint density at radius 3 is 2.33 bits per heavy atom. The Balaban J connectivity index is 4.20. The second-order valence-corrected chi connectivity index (χ2v) is 4.40. The first-order valence-electron chi connectivity index (χ1n) is 5.33. The summed E-state index contributed by atoms with van der Waals surface area (Å²) in [5, 5.41) is 9.64. The number of carbonyl (C=O) groups is 1. The predicted octanol–water partition coefficient (Wildman–Crippen LogP) is 1.71. The molecule has 90 valence electrons. The maximum atomic E-state index is 11.3. The molecular weight excluding hydrogens is 196 g/mol. The van der Waals surface area contributed by atoms with Gasteiger partial charge in [0.25, 0.3) is 0 Å². The van der Waals surface area contributed by atoms with Crippen LogP contribution >= 0.6 is 0 Å². The molecule has 0 spiro atoms. The molecule has 1 N–H and O–H groups in total. The summed E-state index contributed by atoms with van der Waals surface area (Å²) in [4.78, 5) is 11.3. The maximum Gasteiger partial charge on any atom is 0.309 e. The van der Waals surface area contributed by atoms with Crippen LogP contribution in [0.15, 0.2) is 0 Å². The Bertz CT molecular complexity index is 199. The topological polar surface area (TPSA) is 55.8 Å². The molecule has 0 bridgehead atoms. The SMILES string of the molecule is CCCOC(O)C(C)(C)OC(=O)C(C)C. The summed E-state index contributed by atoms with van der Waals surface area (Å²) in [7, 11) is 0. The van der Waals surface area contributed by atoms with Crippen LogP contribution < -0.4 is 0 Å². The van der Waals surface area contributed by atoms with Crippen molar-refractivity contribution in [2.45, 2.75) is 52.9 Å². The van der Waals surface area contributed by atoms with Crippen LogP contribution in [0.25, 0.3) is 0 Å². The van der Waals surface area contributed by atoms with Crippen molar-refractivity contribution in [2.24, 2.45) is 5.92 Å². The summed E-state index contributed by atoms with van der Waals surface area (Å²) in [6, 6.07) is 0. The Kier molecular flexibility index (Phi) is 5.83. The van der Waals surface area contributed by atoms with Gasteiger partial charge in [0.1, 0.15) is 0 Å². The van der Waals surface area contributed by atoms with Crippen LogP contribution in [0.2, 0.25) is 0 Å². The molecule has 4 nitrogen and oxygen atoms in total. The van der Waals surface area contributed by atoms with E-state index in [4.69, 9.17) is 9.47 Å². The molecule has 4 heteroatoms.